The zero-order chi connectivity index (χ0) is 18.3. The predicted molar refractivity (Wildman–Crippen MR) is 102 cm³/mol. The summed E-state index contributed by atoms with van der Waals surface area (Å²) in [6.45, 7) is 2.80. The van der Waals surface area contributed by atoms with E-state index in [1.807, 2.05) is 24.3 Å². The van der Waals surface area contributed by atoms with Gasteiger partial charge < -0.3 is 14.3 Å². The van der Waals surface area contributed by atoms with Crippen molar-refractivity contribution >= 4 is 0 Å². The number of rotatable bonds is 3. The van der Waals surface area contributed by atoms with Gasteiger partial charge in [-0.2, -0.15) is 0 Å². The summed E-state index contributed by atoms with van der Waals surface area (Å²) in [7, 11) is 0. The number of benzene rings is 2. The highest BCUT2D eigenvalue weighted by Crippen LogP contribution is 2.53. The summed E-state index contributed by atoms with van der Waals surface area (Å²) < 4.78 is 12.0. The Bertz CT molecular complexity index is 914. The molecule has 1 aromatic heterocycles. The topological polar surface area (TPSA) is 45.8 Å². The monoisotopic (exact) mass is 361 g/mol. The molecule has 2 aliphatic heterocycles. The highest BCUT2D eigenvalue weighted by Gasteiger charge is 2.55. The van der Waals surface area contributed by atoms with Gasteiger partial charge in [-0.3, -0.25) is 4.90 Å². The van der Waals surface area contributed by atoms with Crippen LogP contribution in [0.15, 0.2) is 77.4 Å². The maximum atomic E-state index is 11.4. The molecule has 3 heterocycles. The molecule has 2 aromatic carbocycles. The molecule has 1 fully saturated rings. The summed E-state index contributed by atoms with van der Waals surface area (Å²) in [5.74, 6) is -1.07. The third-order valence-corrected chi connectivity index (χ3v) is 5.89. The van der Waals surface area contributed by atoms with Crippen LogP contribution in [0.2, 0.25) is 0 Å². The zero-order valence-electron chi connectivity index (χ0n) is 15.2. The molecule has 0 saturated carbocycles. The van der Waals surface area contributed by atoms with Crippen LogP contribution in [0, 0.1) is 0 Å². The molecule has 1 atom stereocenters. The van der Waals surface area contributed by atoms with Crippen LogP contribution in [0.3, 0.4) is 0 Å². The molecule has 27 heavy (non-hydrogen) atoms. The quantitative estimate of drug-likeness (QED) is 0.766. The van der Waals surface area contributed by atoms with Crippen LogP contribution in [0.4, 0.5) is 0 Å². The molecular weight excluding hydrogens is 338 g/mol. The predicted octanol–water partition coefficient (Wildman–Crippen LogP) is 3.99. The van der Waals surface area contributed by atoms with Gasteiger partial charge in [-0.25, -0.2) is 0 Å². The molecule has 3 aromatic rings. The lowest BCUT2D eigenvalue weighted by molar-refractivity contribution is -0.252. The second-order valence-corrected chi connectivity index (χ2v) is 7.53. The highest BCUT2D eigenvalue weighted by atomic mass is 16.7. The largest absolute Gasteiger partial charge is 0.463 e. The van der Waals surface area contributed by atoms with E-state index in [2.05, 4.69) is 35.2 Å². The van der Waals surface area contributed by atoms with Crippen molar-refractivity contribution in [2.75, 3.05) is 13.1 Å². The first-order chi connectivity index (χ1) is 13.2. The molecule has 4 heteroatoms. The SMILES string of the molecule is OC1(c2ccco2)OC2(CCN(Cc3ccccc3)CC2)c2ccccc21. The van der Waals surface area contributed by atoms with Crippen molar-refractivity contribution in [1.29, 1.82) is 0 Å². The lowest BCUT2D eigenvalue weighted by atomic mass is 9.83. The molecule has 0 aliphatic carbocycles. The summed E-state index contributed by atoms with van der Waals surface area (Å²) in [5, 5.41) is 11.4. The van der Waals surface area contributed by atoms with Gasteiger partial charge in [0, 0.05) is 25.2 Å². The fourth-order valence-electron chi connectivity index (χ4n) is 4.51. The number of nitrogens with zero attached hydrogens (tertiary/aromatic N) is 1. The Kier molecular flexibility index (Phi) is 3.93. The second-order valence-electron chi connectivity index (χ2n) is 7.53. The minimum absolute atomic E-state index is 0.443. The van der Waals surface area contributed by atoms with Gasteiger partial charge in [-0.05, 0) is 36.1 Å². The minimum atomic E-state index is -1.51. The summed E-state index contributed by atoms with van der Waals surface area (Å²) in [6, 6.07) is 22.1. The van der Waals surface area contributed by atoms with Gasteiger partial charge in [0.2, 0.25) is 0 Å². The lowest BCUT2D eigenvalue weighted by Gasteiger charge is -2.40. The molecular formula is C23H23NO3. The molecule has 138 valence electrons. The van der Waals surface area contributed by atoms with Crippen molar-refractivity contribution in [3.8, 4) is 0 Å². The summed E-state index contributed by atoms with van der Waals surface area (Å²) in [5.41, 5.74) is 2.75. The van der Waals surface area contributed by atoms with Gasteiger partial charge >= 0.3 is 0 Å². The van der Waals surface area contributed by atoms with Gasteiger partial charge in [0.15, 0.2) is 5.76 Å². The Morgan fingerprint density at radius 2 is 1.56 bits per heavy atom. The maximum absolute atomic E-state index is 11.4. The van der Waals surface area contributed by atoms with E-state index in [1.54, 1.807) is 18.4 Å². The number of furan rings is 1. The summed E-state index contributed by atoms with van der Waals surface area (Å²) in [4.78, 5) is 2.46. The third-order valence-electron chi connectivity index (χ3n) is 5.89. The number of fused-ring (bicyclic) bond motifs is 2. The molecule has 2 aliphatic rings. The van der Waals surface area contributed by atoms with Crippen molar-refractivity contribution in [3.05, 3.63) is 95.4 Å². The van der Waals surface area contributed by atoms with Crippen LogP contribution >= 0.6 is 0 Å². The Hall–Kier alpha value is -2.40. The molecule has 0 bridgehead atoms. The average molecular weight is 361 g/mol. The number of hydrogen-bond acceptors (Lipinski definition) is 4. The van der Waals surface area contributed by atoms with Crippen molar-refractivity contribution < 1.29 is 14.3 Å². The fourth-order valence-corrected chi connectivity index (χ4v) is 4.51. The van der Waals surface area contributed by atoms with E-state index in [1.165, 1.54) is 5.56 Å². The van der Waals surface area contributed by atoms with Crippen LogP contribution in [0.25, 0.3) is 0 Å². The van der Waals surface area contributed by atoms with Crippen LogP contribution < -0.4 is 0 Å². The smallest absolute Gasteiger partial charge is 0.254 e. The number of ether oxygens (including phenoxy) is 1. The second kappa shape index (κ2) is 6.34. The van der Waals surface area contributed by atoms with E-state index < -0.39 is 11.4 Å². The van der Waals surface area contributed by atoms with Gasteiger partial charge in [0.05, 0.1) is 6.26 Å². The maximum Gasteiger partial charge on any atom is 0.254 e. The summed E-state index contributed by atoms with van der Waals surface area (Å²) >= 11 is 0. The number of likely N-dealkylation sites (tertiary alicyclic amines) is 1. The number of aliphatic hydroxyl groups is 1. The van der Waals surface area contributed by atoms with E-state index in [0.717, 1.165) is 43.6 Å². The molecule has 1 unspecified atom stereocenters. The standard InChI is InChI=1S/C23H23NO3/c25-23(21-11-6-16-26-21)20-10-5-4-9-19(20)22(27-23)12-14-24(15-13-22)17-18-7-2-1-3-8-18/h1-11,16,25H,12-15,17H2. The van der Waals surface area contributed by atoms with Crippen LogP contribution in [0.1, 0.15) is 35.3 Å². The molecule has 1 spiro atoms. The summed E-state index contributed by atoms with van der Waals surface area (Å²) in [6.07, 6.45) is 3.27. The molecule has 4 nitrogen and oxygen atoms in total. The van der Waals surface area contributed by atoms with E-state index >= 15 is 0 Å². The van der Waals surface area contributed by atoms with Gasteiger partial charge in [-0.15, -0.1) is 0 Å². The Labute approximate surface area is 159 Å². The lowest BCUT2D eigenvalue weighted by Crippen LogP contribution is -2.44. The molecule has 0 amide bonds. The van der Waals surface area contributed by atoms with Crippen molar-refractivity contribution in [2.24, 2.45) is 0 Å². The van der Waals surface area contributed by atoms with Crippen molar-refractivity contribution in [3.63, 3.8) is 0 Å². The minimum Gasteiger partial charge on any atom is -0.463 e. The van der Waals surface area contributed by atoms with Gasteiger partial charge in [0.25, 0.3) is 5.79 Å². The number of piperidine rings is 1. The molecule has 1 N–H and O–H groups in total. The Morgan fingerprint density at radius 1 is 0.852 bits per heavy atom. The molecule has 1 saturated heterocycles. The van der Waals surface area contributed by atoms with Crippen molar-refractivity contribution in [2.45, 2.75) is 30.8 Å². The van der Waals surface area contributed by atoms with Gasteiger partial charge in [0.1, 0.15) is 5.60 Å². The first-order valence-corrected chi connectivity index (χ1v) is 9.52. The zero-order valence-corrected chi connectivity index (χ0v) is 15.2. The highest BCUT2D eigenvalue weighted by molar-refractivity contribution is 5.44. The van der Waals surface area contributed by atoms with Crippen LogP contribution in [0.5, 0.6) is 0 Å². The first kappa shape index (κ1) is 16.8. The fraction of sp³-hybridized carbons (Fsp3) is 0.304. The molecule has 0 radical (unpaired) electrons. The van der Waals surface area contributed by atoms with E-state index in [-0.39, 0.29) is 0 Å². The van der Waals surface area contributed by atoms with E-state index in [0.29, 0.717) is 5.76 Å². The Morgan fingerprint density at radius 3 is 2.26 bits per heavy atom. The van der Waals surface area contributed by atoms with Crippen LogP contribution in [-0.2, 0) is 22.7 Å². The normalized spacial score (nSPS) is 24.2. The van der Waals surface area contributed by atoms with E-state index in [9.17, 15) is 5.11 Å². The van der Waals surface area contributed by atoms with E-state index in [4.69, 9.17) is 9.15 Å². The Balaban J connectivity index is 1.41. The van der Waals surface area contributed by atoms with Crippen LogP contribution in [-0.4, -0.2) is 23.1 Å². The number of hydrogen-bond donors (Lipinski definition) is 1. The molecule has 5 rings (SSSR count). The average Bonchev–Trinajstić information content (AvgIpc) is 3.33. The van der Waals surface area contributed by atoms with Crippen molar-refractivity contribution in [1.82, 2.24) is 4.90 Å². The third kappa shape index (κ3) is 2.72. The first-order valence-electron chi connectivity index (χ1n) is 9.52. The van der Waals surface area contributed by atoms with Gasteiger partial charge in [-0.1, -0.05) is 54.6 Å².